The lowest BCUT2D eigenvalue weighted by molar-refractivity contribution is 0.00205. The van der Waals surface area contributed by atoms with Crippen LogP contribution >= 0.6 is 0 Å². The summed E-state index contributed by atoms with van der Waals surface area (Å²) in [6.07, 6.45) is 2.15. The van der Waals surface area contributed by atoms with Gasteiger partial charge in [0.15, 0.2) is 0 Å². The molecule has 2 fully saturated rings. The van der Waals surface area contributed by atoms with Crippen LogP contribution in [0.5, 0.6) is 0 Å². The fourth-order valence-electron chi connectivity index (χ4n) is 4.51. The van der Waals surface area contributed by atoms with Crippen molar-refractivity contribution in [2.24, 2.45) is 5.92 Å². The van der Waals surface area contributed by atoms with Gasteiger partial charge in [-0.25, -0.2) is 13.2 Å². The fourth-order valence-corrected chi connectivity index (χ4v) is 5.96. The minimum atomic E-state index is -3.51. The van der Waals surface area contributed by atoms with Gasteiger partial charge in [0.25, 0.3) is 0 Å². The van der Waals surface area contributed by atoms with Crippen LogP contribution in [0.3, 0.4) is 0 Å². The molecule has 0 aromatic heterocycles. The third-order valence-electron chi connectivity index (χ3n) is 6.48. The first-order valence-corrected chi connectivity index (χ1v) is 12.8. The number of urea groups is 1. The molecule has 1 aromatic carbocycles. The molecule has 2 saturated heterocycles. The normalized spacial score (nSPS) is 20.0. The number of nitrogens with zero attached hydrogens (tertiary/aromatic N) is 3. The van der Waals surface area contributed by atoms with Gasteiger partial charge >= 0.3 is 6.03 Å². The molecule has 0 aliphatic carbocycles. The molecule has 31 heavy (non-hydrogen) atoms. The zero-order valence-electron chi connectivity index (χ0n) is 18.7. The largest absolute Gasteiger partial charge is 0.379 e. The molecule has 0 radical (unpaired) electrons. The Kier molecular flexibility index (Phi) is 8.71. The lowest BCUT2D eigenvalue weighted by atomic mass is 9.92. The van der Waals surface area contributed by atoms with Gasteiger partial charge < -0.3 is 15.0 Å². The third-order valence-corrected chi connectivity index (χ3v) is 8.39. The van der Waals surface area contributed by atoms with Crippen LogP contribution in [0.15, 0.2) is 35.2 Å². The number of hydrogen-bond donors (Lipinski definition) is 1. The van der Waals surface area contributed by atoms with Crippen molar-refractivity contribution in [3.8, 4) is 0 Å². The van der Waals surface area contributed by atoms with Gasteiger partial charge in [0.1, 0.15) is 0 Å². The van der Waals surface area contributed by atoms with E-state index in [1.54, 1.807) is 35.2 Å². The number of rotatable bonds is 8. The molecule has 1 atom stereocenters. The van der Waals surface area contributed by atoms with Crippen LogP contribution in [0.4, 0.5) is 4.79 Å². The highest BCUT2D eigenvalue weighted by molar-refractivity contribution is 7.89. The van der Waals surface area contributed by atoms with Crippen LogP contribution in [0, 0.1) is 5.92 Å². The van der Waals surface area contributed by atoms with Crippen LogP contribution in [-0.4, -0.2) is 93.6 Å². The Morgan fingerprint density at radius 3 is 2.19 bits per heavy atom. The van der Waals surface area contributed by atoms with E-state index in [1.165, 1.54) is 4.31 Å². The Hall–Kier alpha value is -1.68. The van der Waals surface area contributed by atoms with Gasteiger partial charge in [0.05, 0.1) is 18.1 Å². The minimum absolute atomic E-state index is 0.110. The monoisotopic (exact) mass is 452 g/mol. The van der Waals surface area contributed by atoms with Gasteiger partial charge in [-0.05, 0) is 18.1 Å². The first kappa shape index (κ1) is 24.0. The Morgan fingerprint density at radius 1 is 1.00 bits per heavy atom. The Labute approximate surface area is 186 Å². The molecule has 0 bridgehead atoms. The summed E-state index contributed by atoms with van der Waals surface area (Å²) in [5, 5.41) is 3.12. The molecule has 3 rings (SSSR count). The number of morpholine rings is 1. The summed E-state index contributed by atoms with van der Waals surface area (Å²) in [4.78, 5) is 17.3. The van der Waals surface area contributed by atoms with Crippen molar-refractivity contribution < 1.29 is 17.9 Å². The predicted octanol–water partition coefficient (Wildman–Crippen LogP) is 1.84. The van der Waals surface area contributed by atoms with Gasteiger partial charge in [-0.1, -0.05) is 44.9 Å². The molecule has 0 spiro atoms. The second-order valence-corrected chi connectivity index (χ2v) is 10.1. The number of carbonyl (C=O) groups is 1. The van der Waals surface area contributed by atoms with E-state index in [2.05, 4.69) is 24.1 Å². The Bertz CT molecular complexity index is 787. The SMILES string of the molecule is CCC(CC)[C@@H](CNC(=O)N1CCN(S(=O)(=O)c2ccccc2)CC1)N1CCOCC1. The maximum Gasteiger partial charge on any atom is 0.317 e. The standard InChI is InChI=1S/C22H36N4O4S/c1-3-19(4-2)21(24-14-16-30-17-15-24)18-23-22(27)25-10-12-26(13-11-25)31(28,29)20-8-6-5-7-9-20/h5-9,19,21H,3-4,10-18H2,1-2H3,(H,23,27)/t21-/m1/s1. The smallest absolute Gasteiger partial charge is 0.317 e. The maximum atomic E-state index is 12.8. The van der Waals surface area contributed by atoms with E-state index in [9.17, 15) is 13.2 Å². The zero-order valence-corrected chi connectivity index (χ0v) is 19.5. The average molecular weight is 453 g/mol. The molecule has 0 saturated carbocycles. The van der Waals surface area contributed by atoms with Crippen molar-refractivity contribution in [3.63, 3.8) is 0 Å². The Balaban J connectivity index is 1.54. The number of ether oxygens (including phenoxy) is 1. The summed E-state index contributed by atoms with van der Waals surface area (Å²) in [5.74, 6) is 0.520. The minimum Gasteiger partial charge on any atom is -0.379 e. The number of amides is 2. The highest BCUT2D eigenvalue weighted by Gasteiger charge is 2.31. The lowest BCUT2D eigenvalue weighted by Crippen LogP contribution is -2.56. The Morgan fingerprint density at radius 2 is 1.61 bits per heavy atom. The van der Waals surface area contributed by atoms with Gasteiger partial charge in [0.2, 0.25) is 10.0 Å². The summed E-state index contributed by atoms with van der Waals surface area (Å²) in [6.45, 7) is 9.69. The van der Waals surface area contributed by atoms with Crippen molar-refractivity contribution in [3.05, 3.63) is 30.3 Å². The quantitative estimate of drug-likeness (QED) is 0.651. The summed E-state index contributed by atoms with van der Waals surface area (Å²) >= 11 is 0. The van der Waals surface area contributed by atoms with E-state index in [-0.39, 0.29) is 6.03 Å². The van der Waals surface area contributed by atoms with Gasteiger partial charge in [0, 0.05) is 51.9 Å². The van der Waals surface area contributed by atoms with E-state index < -0.39 is 10.0 Å². The van der Waals surface area contributed by atoms with Gasteiger partial charge in [-0.15, -0.1) is 0 Å². The maximum absolute atomic E-state index is 12.8. The molecule has 2 heterocycles. The zero-order chi connectivity index (χ0) is 22.3. The highest BCUT2D eigenvalue weighted by atomic mass is 32.2. The topological polar surface area (TPSA) is 82.2 Å². The van der Waals surface area contributed by atoms with E-state index in [0.29, 0.717) is 49.6 Å². The molecule has 174 valence electrons. The van der Waals surface area contributed by atoms with E-state index in [4.69, 9.17) is 4.74 Å². The number of sulfonamides is 1. The van der Waals surface area contributed by atoms with E-state index in [0.717, 1.165) is 39.1 Å². The van der Waals surface area contributed by atoms with Crippen molar-refractivity contribution in [1.29, 1.82) is 0 Å². The molecule has 9 heteroatoms. The summed E-state index contributed by atoms with van der Waals surface area (Å²) < 4.78 is 32.5. The average Bonchev–Trinajstić information content (AvgIpc) is 2.82. The van der Waals surface area contributed by atoms with E-state index in [1.807, 2.05) is 0 Å². The summed E-state index contributed by atoms with van der Waals surface area (Å²) in [5.41, 5.74) is 0. The number of piperazine rings is 1. The molecular formula is C22H36N4O4S. The van der Waals surface area contributed by atoms with Gasteiger partial charge in [-0.2, -0.15) is 4.31 Å². The van der Waals surface area contributed by atoms with Gasteiger partial charge in [-0.3, -0.25) is 4.90 Å². The third kappa shape index (κ3) is 5.97. The highest BCUT2D eigenvalue weighted by Crippen LogP contribution is 2.20. The molecule has 2 aliphatic rings. The van der Waals surface area contributed by atoms with Crippen molar-refractivity contribution in [2.45, 2.75) is 37.6 Å². The number of carbonyl (C=O) groups excluding carboxylic acids is 1. The fraction of sp³-hybridized carbons (Fsp3) is 0.682. The van der Waals surface area contributed by atoms with Crippen molar-refractivity contribution >= 4 is 16.1 Å². The second-order valence-electron chi connectivity index (χ2n) is 8.18. The van der Waals surface area contributed by atoms with E-state index >= 15 is 0 Å². The number of benzene rings is 1. The molecule has 0 unspecified atom stereocenters. The second kappa shape index (κ2) is 11.3. The lowest BCUT2D eigenvalue weighted by Gasteiger charge is -2.39. The van der Waals surface area contributed by atoms with Crippen LogP contribution in [0.25, 0.3) is 0 Å². The first-order valence-electron chi connectivity index (χ1n) is 11.4. The van der Waals surface area contributed by atoms with Crippen LogP contribution in [0.1, 0.15) is 26.7 Å². The van der Waals surface area contributed by atoms with Crippen LogP contribution < -0.4 is 5.32 Å². The molecule has 2 aliphatic heterocycles. The molecule has 1 N–H and O–H groups in total. The molecule has 1 aromatic rings. The van der Waals surface area contributed by atoms with Crippen LogP contribution in [0.2, 0.25) is 0 Å². The first-order chi connectivity index (χ1) is 15.0. The van der Waals surface area contributed by atoms with Crippen molar-refractivity contribution in [2.75, 3.05) is 59.0 Å². The summed E-state index contributed by atoms with van der Waals surface area (Å²) in [6, 6.07) is 8.65. The molecular weight excluding hydrogens is 416 g/mol. The number of hydrogen-bond acceptors (Lipinski definition) is 5. The van der Waals surface area contributed by atoms with Crippen molar-refractivity contribution in [1.82, 2.24) is 19.4 Å². The summed E-state index contributed by atoms with van der Waals surface area (Å²) in [7, 11) is -3.51. The van der Waals surface area contributed by atoms with Crippen LogP contribution in [-0.2, 0) is 14.8 Å². The predicted molar refractivity (Wildman–Crippen MR) is 120 cm³/mol. The number of nitrogens with one attached hydrogen (secondary N) is 1. The molecule has 2 amide bonds. The molecule has 8 nitrogen and oxygen atoms in total.